The van der Waals surface area contributed by atoms with E-state index in [0.717, 1.165) is 49.7 Å². The maximum atomic E-state index is 12.6. The average Bonchev–Trinajstić information content (AvgIpc) is 2.92. The summed E-state index contributed by atoms with van der Waals surface area (Å²) in [5.41, 5.74) is 7.74. The maximum absolute atomic E-state index is 12.6. The molecule has 2 N–H and O–H groups in total. The van der Waals surface area contributed by atoms with Gasteiger partial charge in [0.25, 0.3) is 5.91 Å². The van der Waals surface area contributed by atoms with Crippen LogP contribution in [-0.2, 0) is 11.3 Å². The molecule has 3 aromatic rings. The lowest BCUT2D eigenvalue weighted by atomic mass is 10.1. The van der Waals surface area contributed by atoms with Crippen LogP contribution in [0.25, 0.3) is 0 Å². The van der Waals surface area contributed by atoms with Gasteiger partial charge in [-0.2, -0.15) is 5.10 Å². The van der Waals surface area contributed by atoms with Gasteiger partial charge in [-0.05, 0) is 54.4 Å². The first-order valence-electron chi connectivity index (χ1n) is 12.3. The summed E-state index contributed by atoms with van der Waals surface area (Å²) in [5, 5.41) is 6.96. The molecule has 192 valence electrons. The number of amides is 2. The normalized spacial score (nSPS) is 14.2. The Morgan fingerprint density at radius 1 is 0.865 bits per heavy atom. The van der Waals surface area contributed by atoms with Crippen LogP contribution in [0, 0.1) is 0 Å². The second-order valence-corrected chi connectivity index (χ2v) is 9.03. The molecule has 0 atom stereocenters. The standard InChI is InChI=1S/C29H33N5O3/c1-21(24-12-14-26(15-13-24)30-22(2)35)31-32-29(36)25-10-8-23(9-11-25)20-33-16-18-34(19-17-33)27-6-4-5-7-28(27)37-3/h4-15H,16-20H2,1-3H3,(H,30,35)(H,32,36)/b31-21-. The fourth-order valence-corrected chi connectivity index (χ4v) is 4.32. The molecule has 3 aromatic carbocycles. The molecule has 0 unspecified atom stereocenters. The van der Waals surface area contributed by atoms with E-state index < -0.39 is 0 Å². The van der Waals surface area contributed by atoms with E-state index in [0.29, 0.717) is 17.0 Å². The van der Waals surface area contributed by atoms with Crippen molar-refractivity contribution in [1.29, 1.82) is 0 Å². The molecular formula is C29H33N5O3. The number of benzene rings is 3. The van der Waals surface area contributed by atoms with Crippen molar-refractivity contribution in [3.05, 3.63) is 89.5 Å². The number of nitrogens with one attached hydrogen (secondary N) is 2. The molecule has 2 amide bonds. The summed E-state index contributed by atoms with van der Waals surface area (Å²) in [6.07, 6.45) is 0. The first-order chi connectivity index (χ1) is 17.9. The van der Waals surface area contributed by atoms with Crippen LogP contribution in [0.4, 0.5) is 11.4 Å². The van der Waals surface area contributed by atoms with Crippen LogP contribution < -0.4 is 20.4 Å². The van der Waals surface area contributed by atoms with Gasteiger partial charge in [0.1, 0.15) is 5.75 Å². The van der Waals surface area contributed by atoms with Gasteiger partial charge in [-0.1, -0.05) is 36.4 Å². The minimum atomic E-state index is -0.258. The van der Waals surface area contributed by atoms with Crippen LogP contribution in [0.15, 0.2) is 77.9 Å². The summed E-state index contributed by atoms with van der Waals surface area (Å²) >= 11 is 0. The zero-order chi connectivity index (χ0) is 26.2. The second kappa shape index (κ2) is 12.2. The lowest BCUT2D eigenvalue weighted by Gasteiger charge is -2.36. The number of hydrogen-bond acceptors (Lipinski definition) is 6. The molecular weight excluding hydrogens is 466 g/mol. The summed E-state index contributed by atoms with van der Waals surface area (Å²) < 4.78 is 5.51. The van der Waals surface area contributed by atoms with E-state index in [-0.39, 0.29) is 11.8 Å². The molecule has 1 aliphatic rings. The largest absolute Gasteiger partial charge is 0.495 e. The molecule has 0 aromatic heterocycles. The molecule has 1 saturated heterocycles. The summed E-state index contributed by atoms with van der Waals surface area (Å²) in [4.78, 5) is 28.5. The van der Waals surface area contributed by atoms with Gasteiger partial charge in [0, 0.05) is 50.9 Å². The number of rotatable bonds is 8. The van der Waals surface area contributed by atoms with Crippen LogP contribution in [0.5, 0.6) is 5.75 Å². The fourth-order valence-electron chi connectivity index (χ4n) is 4.32. The average molecular weight is 500 g/mol. The van der Waals surface area contributed by atoms with Crippen molar-refractivity contribution >= 4 is 28.9 Å². The summed E-state index contributed by atoms with van der Waals surface area (Å²) in [6, 6.07) is 23.1. The molecule has 0 aliphatic carbocycles. The highest BCUT2D eigenvalue weighted by atomic mass is 16.5. The molecule has 1 fully saturated rings. The first-order valence-corrected chi connectivity index (χ1v) is 12.3. The molecule has 0 bridgehead atoms. The highest BCUT2D eigenvalue weighted by molar-refractivity contribution is 6.01. The Kier molecular flexibility index (Phi) is 8.53. The van der Waals surface area contributed by atoms with Crippen LogP contribution in [-0.4, -0.2) is 55.7 Å². The first kappa shape index (κ1) is 25.9. The van der Waals surface area contributed by atoms with E-state index in [9.17, 15) is 9.59 Å². The van der Waals surface area contributed by atoms with Gasteiger partial charge in [-0.15, -0.1) is 0 Å². The van der Waals surface area contributed by atoms with Gasteiger partial charge in [0.2, 0.25) is 5.91 Å². The van der Waals surface area contributed by atoms with E-state index >= 15 is 0 Å². The number of para-hydroxylation sites is 2. The number of piperazine rings is 1. The number of carbonyl (C=O) groups is 2. The minimum absolute atomic E-state index is 0.122. The van der Waals surface area contributed by atoms with Crippen LogP contribution in [0.2, 0.25) is 0 Å². The van der Waals surface area contributed by atoms with Gasteiger partial charge in [-0.25, -0.2) is 5.43 Å². The van der Waals surface area contributed by atoms with Crippen molar-refractivity contribution in [2.24, 2.45) is 5.10 Å². The van der Waals surface area contributed by atoms with E-state index in [1.807, 2.05) is 61.5 Å². The van der Waals surface area contributed by atoms with Crippen molar-refractivity contribution in [2.45, 2.75) is 20.4 Å². The summed E-state index contributed by atoms with van der Waals surface area (Å²) in [5.74, 6) is 0.526. The predicted molar refractivity (Wildman–Crippen MR) is 147 cm³/mol. The predicted octanol–water partition coefficient (Wildman–Crippen LogP) is 4.13. The molecule has 1 heterocycles. The fraction of sp³-hybridized carbons (Fsp3) is 0.276. The quantitative estimate of drug-likeness (QED) is 0.360. The van der Waals surface area contributed by atoms with Crippen LogP contribution in [0.1, 0.15) is 35.3 Å². The van der Waals surface area contributed by atoms with E-state index in [1.165, 1.54) is 12.5 Å². The Morgan fingerprint density at radius 2 is 1.51 bits per heavy atom. The topological polar surface area (TPSA) is 86.3 Å². The van der Waals surface area contributed by atoms with E-state index in [2.05, 4.69) is 31.7 Å². The molecule has 4 rings (SSSR count). The van der Waals surface area contributed by atoms with Crippen molar-refractivity contribution in [1.82, 2.24) is 10.3 Å². The molecule has 8 nitrogen and oxygen atoms in total. The van der Waals surface area contributed by atoms with Gasteiger partial charge in [0.05, 0.1) is 18.5 Å². The summed E-state index contributed by atoms with van der Waals surface area (Å²) in [7, 11) is 1.71. The van der Waals surface area contributed by atoms with Gasteiger partial charge in [0.15, 0.2) is 0 Å². The number of methoxy groups -OCH3 is 1. The Hall–Kier alpha value is -4.17. The van der Waals surface area contributed by atoms with Crippen molar-refractivity contribution in [3.8, 4) is 5.75 Å². The molecule has 37 heavy (non-hydrogen) atoms. The third kappa shape index (κ3) is 6.95. The molecule has 0 radical (unpaired) electrons. The number of hydrogen-bond donors (Lipinski definition) is 2. The van der Waals surface area contributed by atoms with Crippen molar-refractivity contribution < 1.29 is 14.3 Å². The number of carbonyl (C=O) groups excluding carboxylic acids is 2. The third-order valence-electron chi connectivity index (χ3n) is 6.37. The smallest absolute Gasteiger partial charge is 0.271 e. The van der Waals surface area contributed by atoms with Crippen molar-refractivity contribution in [3.63, 3.8) is 0 Å². The van der Waals surface area contributed by atoms with Gasteiger partial charge < -0.3 is 15.0 Å². The number of ether oxygens (including phenoxy) is 1. The number of nitrogens with zero attached hydrogens (tertiary/aromatic N) is 3. The SMILES string of the molecule is COc1ccccc1N1CCN(Cc2ccc(C(=O)N/N=C(/C)c3ccc(NC(C)=O)cc3)cc2)CC1. The highest BCUT2D eigenvalue weighted by Gasteiger charge is 2.19. The molecule has 1 aliphatic heterocycles. The second-order valence-electron chi connectivity index (χ2n) is 9.03. The minimum Gasteiger partial charge on any atom is -0.495 e. The monoisotopic (exact) mass is 499 g/mol. The molecule has 0 spiro atoms. The third-order valence-corrected chi connectivity index (χ3v) is 6.37. The van der Waals surface area contributed by atoms with E-state index in [1.54, 1.807) is 19.2 Å². The Labute approximate surface area is 217 Å². The van der Waals surface area contributed by atoms with Gasteiger partial charge >= 0.3 is 0 Å². The van der Waals surface area contributed by atoms with Crippen molar-refractivity contribution in [2.75, 3.05) is 43.5 Å². The van der Waals surface area contributed by atoms with Crippen LogP contribution >= 0.6 is 0 Å². The zero-order valence-corrected chi connectivity index (χ0v) is 21.5. The van der Waals surface area contributed by atoms with Crippen LogP contribution in [0.3, 0.4) is 0 Å². The Bertz CT molecular complexity index is 1250. The molecule has 8 heteroatoms. The zero-order valence-electron chi connectivity index (χ0n) is 21.5. The van der Waals surface area contributed by atoms with Gasteiger partial charge in [-0.3, -0.25) is 14.5 Å². The lowest BCUT2D eigenvalue weighted by molar-refractivity contribution is -0.114. The number of hydrazone groups is 1. The highest BCUT2D eigenvalue weighted by Crippen LogP contribution is 2.28. The summed E-state index contributed by atoms with van der Waals surface area (Å²) in [6.45, 7) is 7.92. The maximum Gasteiger partial charge on any atom is 0.271 e. The number of anilines is 2. The molecule has 0 saturated carbocycles. The lowest BCUT2D eigenvalue weighted by Crippen LogP contribution is -2.46. The van der Waals surface area contributed by atoms with E-state index in [4.69, 9.17) is 4.74 Å². The Balaban J connectivity index is 1.27. The Morgan fingerprint density at radius 3 is 2.16 bits per heavy atom.